The molecule has 0 saturated heterocycles. The van der Waals surface area contributed by atoms with Crippen molar-refractivity contribution in [3.05, 3.63) is 48.2 Å². The summed E-state index contributed by atoms with van der Waals surface area (Å²) >= 11 is 1.91. The van der Waals surface area contributed by atoms with Gasteiger partial charge in [0.15, 0.2) is 5.82 Å². The summed E-state index contributed by atoms with van der Waals surface area (Å²) in [5.41, 5.74) is 4.21. The van der Waals surface area contributed by atoms with Crippen molar-refractivity contribution >= 4 is 45.1 Å². The molecule has 0 fully saturated rings. The molecule has 5 nitrogen and oxygen atoms in total. The number of ether oxygens (including phenoxy) is 1. The molecule has 0 atom stereocenters. The molecule has 5 rings (SSSR count). The van der Waals surface area contributed by atoms with Crippen molar-refractivity contribution in [2.75, 3.05) is 18.2 Å². The summed E-state index contributed by atoms with van der Waals surface area (Å²) in [7, 11) is 1.67. The zero-order valence-electron chi connectivity index (χ0n) is 13.7. The van der Waals surface area contributed by atoms with Crippen LogP contribution >= 0.6 is 11.8 Å². The Labute approximate surface area is 148 Å². The van der Waals surface area contributed by atoms with E-state index in [0.717, 1.165) is 45.5 Å². The number of pyridine rings is 1. The van der Waals surface area contributed by atoms with Gasteiger partial charge in [0.2, 0.25) is 0 Å². The molecule has 6 heteroatoms. The molecule has 124 valence electrons. The number of methoxy groups -OCH3 is 1. The highest BCUT2D eigenvalue weighted by molar-refractivity contribution is 7.99. The summed E-state index contributed by atoms with van der Waals surface area (Å²) in [6.07, 6.45) is 3.06. The van der Waals surface area contributed by atoms with E-state index >= 15 is 0 Å². The minimum atomic E-state index is 0.761. The Kier molecular flexibility index (Phi) is 3.31. The van der Waals surface area contributed by atoms with Crippen LogP contribution in [0.4, 0.5) is 11.5 Å². The summed E-state index contributed by atoms with van der Waals surface area (Å²) in [6.45, 7) is 0. The number of hydrogen-bond acceptors (Lipinski definition) is 5. The van der Waals surface area contributed by atoms with Crippen LogP contribution in [0, 0.1) is 0 Å². The fourth-order valence-corrected chi connectivity index (χ4v) is 4.38. The van der Waals surface area contributed by atoms with Crippen molar-refractivity contribution < 1.29 is 4.74 Å². The van der Waals surface area contributed by atoms with Gasteiger partial charge in [0.25, 0.3) is 0 Å². The number of nitrogens with zero attached hydrogens (tertiary/aromatic N) is 2. The molecule has 0 radical (unpaired) electrons. The third-order valence-corrected chi connectivity index (χ3v) is 5.65. The van der Waals surface area contributed by atoms with E-state index in [1.807, 2.05) is 36.2 Å². The van der Waals surface area contributed by atoms with Gasteiger partial charge >= 0.3 is 0 Å². The van der Waals surface area contributed by atoms with Crippen LogP contribution in [-0.2, 0) is 6.42 Å². The fourth-order valence-electron chi connectivity index (χ4n) is 3.27. The highest BCUT2D eigenvalue weighted by atomic mass is 32.2. The number of aryl methyl sites for hydroxylation is 1. The van der Waals surface area contributed by atoms with Crippen LogP contribution in [0.5, 0.6) is 5.75 Å². The Hall–Kier alpha value is -2.73. The summed E-state index contributed by atoms with van der Waals surface area (Å²) < 4.78 is 5.34. The van der Waals surface area contributed by atoms with Crippen molar-refractivity contribution in [3.8, 4) is 5.75 Å². The molecule has 1 aliphatic heterocycles. The van der Waals surface area contributed by atoms with Gasteiger partial charge in [0, 0.05) is 33.3 Å². The Morgan fingerprint density at radius 2 is 2.12 bits per heavy atom. The summed E-state index contributed by atoms with van der Waals surface area (Å²) in [6, 6.07) is 12.4. The fraction of sp³-hybridized carbons (Fsp3) is 0.158. The standard InChI is InChI=1S/C19H16N4OS/c1-24-13-4-5-16-14(9-13)15-10-20-23-18(15)19(22-16)21-12-3-2-11-6-7-25-17(11)8-12/h2-5,8-10H,6-7H2,1H3,(H,20,23)(H,21,22). The van der Waals surface area contributed by atoms with Crippen LogP contribution in [0.2, 0.25) is 0 Å². The molecule has 0 bridgehead atoms. The first kappa shape index (κ1) is 14.6. The number of aromatic amines is 1. The molecule has 4 aromatic rings. The van der Waals surface area contributed by atoms with Crippen LogP contribution in [0.3, 0.4) is 0 Å². The molecule has 0 unspecified atom stereocenters. The van der Waals surface area contributed by atoms with Gasteiger partial charge in [0.1, 0.15) is 11.3 Å². The van der Waals surface area contributed by atoms with Crippen LogP contribution in [-0.4, -0.2) is 28.0 Å². The zero-order valence-corrected chi connectivity index (χ0v) is 14.5. The van der Waals surface area contributed by atoms with E-state index in [4.69, 9.17) is 9.72 Å². The molecule has 2 aromatic carbocycles. The Bertz CT molecular complexity index is 1110. The van der Waals surface area contributed by atoms with Gasteiger partial charge in [0.05, 0.1) is 12.6 Å². The second-order valence-corrected chi connectivity index (χ2v) is 7.17. The lowest BCUT2D eigenvalue weighted by Gasteiger charge is -2.10. The summed E-state index contributed by atoms with van der Waals surface area (Å²) in [4.78, 5) is 6.14. The number of hydrogen-bond donors (Lipinski definition) is 2. The minimum absolute atomic E-state index is 0.761. The largest absolute Gasteiger partial charge is 0.497 e. The maximum atomic E-state index is 5.34. The summed E-state index contributed by atoms with van der Waals surface area (Å²) in [5.74, 6) is 2.74. The lowest BCUT2D eigenvalue weighted by atomic mass is 10.1. The van der Waals surface area contributed by atoms with Gasteiger partial charge in [-0.05, 0) is 42.3 Å². The monoisotopic (exact) mass is 348 g/mol. The number of nitrogens with one attached hydrogen (secondary N) is 2. The minimum Gasteiger partial charge on any atom is -0.497 e. The molecule has 0 spiro atoms. The van der Waals surface area contributed by atoms with Gasteiger partial charge in [-0.15, -0.1) is 11.8 Å². The van der Waals surface area contributed by atoms with Gasteiger partial charge < -0.3 is 10.1 Å². The lowest BCUT2D eigenvalue weighted by molar-refractivity contribution is 0.415. The van der Waals surface area contributed by atoms with Crippen molar-refractivity contribution in [2.45, 2.75) is 11.3 Å². The number of aromatic nitrogens is 3. The second-order valence-electron chi connectivity index (χ2n) is 6.04. The number of H-pyrrole nitrogens is 1. The van der Waals surface area contributed by atoms with Crippen LogP contribution in [0.15, 0.2) is 47.5 Å². The molecule has 25 heavy (non-hydrogen) atoms. The van der Waals surface area contributed by atoms with E-state index in [-0.39, 0.29) is 0 Å². The van der Waals surface area contributed by atoms with Crippen molar-refractivity contribution in [2.24, 2.45) is 0 Å². The zero-order chi connectivity index (χ0) is 16.8. The number of benzene rings is 2. The first-order valence-electron chi connectivity index (χ1n) is 8.16. The van der Waals surface area contributed by atoms with Crippen molar-refractivity contribution in [1.29, 1.82) is 0 Å². The van der Waals surface area contributed by atoms with E-state index < -0.39 is 0 Å². The third kappa shape index (κ3) is 2.41. The predicted octanol–water partition coefficient (Wildman–Crippen LogP) is 4.51. The Balaban J connectivity index is 1.64. The van der Waals surface area contributed by atoms with Gasteiger partial charge in [-0.25, -0.2) is 4.98 Å². The third-order valence-electron chi connectivity index (χ3n) is 4.55. The number of anilines is 2. The molecule has 0 saturated carbocycles. The first-order valence-corrected chi connectivity index (χ1v) is 9.14. The molecule has 2 aromatic heterocycles. The molecular formula is C19H16N4OS. The molecule has 2 N–H and O–H groups in total. The topological polar surface area (TPSA) is 62.8 Å². The normalized spacial score (nSPS) is 13.3. The average Bonchev–Trinajstić information content (AvgIpc) is 3.30. The molecule has 0 aliphatic carbocycles. The molecule has 3 heterocycles. The van der Waals surface area contributed by atoms with Gasteiger partial charge in [-0.2, -0.15) is 5.10 Å². The maximum absolute atomic E-state index is 5.34. The molecular weight excluding hydrogens is 332 g/mol. The van der Waals surface area contributed by atoms with E-state index in [1.165, 1.54) is 16.2 Å². The average molecular weight is 348 g/mol. The maximum Gasteiger partial charge on any atom is 0.159 e. The quantitative estimate of drug-likeness (QED) is 0.570. The molecule has 1 aliphatic rings. The lowest BCUT2D eigenvalue weighted by Crippen LogP contribution is -1.97. The number of fused-ring (bicyclic) bond motifs is 4. The SMILES string of the molecule is COc1ccc2nc(Nc3ccc4c(c3)SCC4)c3n[nH]cc3c2c1. The van der Waals surface area contributed by atoms with Crippen LogP contribution in [0.25, 0.3) is 21.8 Å². The Morgan fingerprint density at radius 1 is 1.16 bits per heavy atom. The smallest absolute Gasteiger partial charge is 0.159 e. The van der Waals surface area contributed by atoms with E-state index in [9.17, 15) is 0 Å². The van der Waals surface area contributed by atoms with Crippen LogP contribution in [0.1, 0.15) is 5.56 Å². The van der Waals surface area contributed by atoms with Crippen LogP contribution < -0.4 is 10.1 Å². The number of thioether (sulfide) groups is 1. The number of rotatable bonds is 3. The van der Waals surface area contributed by atoms with Crippen molar-refractivity contribution in [3.63, 3.8) is 0 Å². The highest BCUT2D eigenvalue weighted by Gasteiger charge is 2.14. The Morgan fingerprint density at radius 3 is 3.04 bits per heavy atom. The highest BCUT2D eigenvalue weighted by Crippen LogP contribution is 2.35. The summed E-state index contributed by atoms with van der Waals surface area (Å²) in [5, 5.41) is 12.9. The van der Waals surface area contributed by atoms with Gasteiger partial charge in [-0.3, -0.25) is 5.10 Å². The first-order chi connectivity index (χ1) is 12.3. The second kappa shape index (κ2) is 5.67. The van der Waals surface area contributed by atoms with Gasteiger partial charge in [-0.1, -0.05) is 6.07 Å². The predicted molar refractivity (Wildman–Crippen MR) is 102 cm³/mol. The van der Waals surface area contributed by atoms with E-state index in [0.29, 0.717) is 0 Å². The van der Waals surface area contributed by atoms with E-state index in [1.54, 1.807) is 7.11 Å². The van der Waals surface area contributed by atoms with Crippen molar-refractivity contribution in [1.82, 2.24) is 15.2 Å². The van der Waals surface area contributed by atoms with E-state index in [2.05, 4.69) is 33.7 Å². The molecule has 0 amide bonds.